The van der Waals surface area contributed by atoms with Gasteiger partial charge in [0.15, 0.2) is 0 Å². The topological polar surface area (TPSA) is 12.0 Å². The Hall–Kier alpha value is -0.500. The molecule has 0 aliphatic rings. The van der Waals surface area contributed by atoms with Crippen LogP contribution in [0.1, 0.15) is 8.35 Å². The minimum absolute atomic E-state index is 0. The van der Waals surface area contributed by atoms with Gasteiger partial charge in [-0.2, -0.15) is 11.3 Å². The average Bonchev–Trinajstić information content (AvgIpc) is 2.19. The number of hydrogen-bond acceptors (Lipinski definition) is 2. The molecule has 1 N–H and O–H groups in total. The summed E-state index contributed by atoms with van der Waals surface area (Å²) >= 11 is 1.72. The first-order valence-electron chi connectivity index (χ1n) is 2.69. The van der Waals surface area contributed by atoms with Gasteiger partial charge in [-0.1, -0.05) is 0 Å². The van der Waals surface area contributed by atoms with E-state index in [0.717, 1.165) is 6.54 Å². The molecule has 0 unspecified atom stereocenters. The van der Waals surface area contributed by atoms with E-state index in [4.69, 9.17) is 0 Å². The number of nitrogens with one attached hydrogen (secondary N) is 1. The summed E-state index contributed by atoms with van der Waals surface area (Å²) in [4.78, 5) is 0. The summed E-state index contributed by atoms with van der Waals surface area (Å²) in [5.41, 5.74) is 1.23. The molecule has 1 aromatic heterocycles. The number of anilines is 1. The number of hydrogen-bond donors (Lipinski definition) is 1. The normalized spacial score (nSPS) is 9.12. The lowest BCUT2D eigenvalue weighted by molar-refractivity contribution is 1.22. The third-order valence-corrected chi connectivity index (χ3v) is 1.59. The van der Waals surface area contributed by atoms with Crippen LogP contribution in [-0.4, -0.2) is 6.54 Å². The highest BCUT2D eigenvalue weighted by Crippen LogP contribution is 2.10. The van der Waals surface area contributed by atoms with Crippen LogP contribution in [0.15, 0.2) is 16.8 Å². The lowest BCUT2D eigenvalue weighted by Gasteiger charge is -1.93. The predicted molar refractivity (Wildman–Crippen MR) is 40.6 cm³/mol. The van der Waals surface area contributed by atoms with Gasteiger partial charge in [-0.05, 0) is 18.4 Å². The molecule has 0 radical (unpaired) electrons. The Balaban J connectivity index is 0.000000640. The highest BCUT2D eigenvalue weighted by molar-refractivity contribution is 7.08. The summed E-state index contributed by atoms with van der Waals surface area (Å²) < 4.78 is 0. The van der Waals surface area contributed by atoms with Gasteiger partial charge in [0, 0.05) is 19.0 Å². The monoisotopic (exact) mass is 129 g/mol. The Morgan fingerprint density at radius 1 is 1.88 bits per heavy atom. The minimum Gasteiger partial charge on any atom is -0.385 e. The molecule has 0 spiro atoms. The molecule has 0 fully saturated rings. The highest BCUT2D eigenvalue weighted by Gasteiger charge is 1.83. The quantitative estimate of drug-likeness (QED) is 0.646. The number of rotatable bonds is 2. The molecule has 1 rings (SSSR count). The Labute approximate surface area is 54.8 Å². The molecule has 0 aromatic carbocycles. The maximum Gasteiger partial charge on any atom is 0.0448 e. The summed E-state index contributed by atoms with van der Waals surface area (Å²) in [6.07, 6.45) is 0. The van der Waals surface area contributed by atoms with Gasteiger partial charge in [-0.15, -0.1) is 0 Å². The van der Waals surface area contributed by atoms with E-state index in [2.05, 4.69) is 29.1 Å². The zero-order valence-electron chi connectivity index (χ0n) is 4.85. The molecule has 8 heavy (non-hydrogen) atoms. The highest BCUT2D eigenvalue weighted by atomic mass is 32.1. The van der Waals surface area contributed by atoms with Gasteiger partial charge in [0.2, 0.25) is 0 Å². The molecular weight excluding hydrogens is 118 g/mol. The molecule has 2 heteroatoms. The van der Waals surface area contributed by atoms with Gasteiger partial charge >= 0.3 is 0 Å². The molecule has 0 aliphatic heterocycles. The maximum atomic E-state index is 3.20. The van der Waals surface area contributed by atoms with Crippen molar-refractivity contribution in [1.29, 1.82) is 0 Å². The summed E-state index contributed by atoms with van der Waals surface area (Å²) in [6.45, 7) is 3.11. The molecular formula is C6H11NS. The Kier molecular flexibility index (Phi) is 1.92. The molecule has 1 heterocycles. The van der Waals surface area contributed by atoms with Crippen molar-refractivity contribution in [2.24, 2.45) is 0 Å². The zero-order valence-corrected chi connectivity index (χ0v) is 5.66. The molecule has 0 amide bonds. The first-order chi connectivity index (χ1) is 3.93. The van der Waals surface area contributed by atoms with Crippen LogP contribution in [0.5, 0.6) is 0 Å². The smallest absolute Gasteiger partial charge is 0.0448 e. The second-order valence-corrected chi connectivity index (χ2v) is 2.32. The van der Waals surface area contributed by atoms with Crippen LogP contribution in [-0.2, 0) is 0 Å². The van der Waals surface area contributed by atoms with E-state index in [1.54, 1.807) is 11.3 Å². The first-order valence-corrected chi connectivity index (χ1v) is 3.64. The van der Waals surface area contributed by atoms with Gasteiger partial charge in [-0.25, -0.2) is 0 Å². The summed E-state index contributed by atoms with van der Waals surface area (Å²) in [5, 5.41) is 7.37. The van der Waals surface area contributed by atoms with Crippen LogP contribution >= 0.6 is 11.3 Å². The molecule has 0 atom stereocenters. The second kappa shape index (κ2) is 2.72. The molecule has 0 aliphatic carbocycles. The molecule has 1 aromatic rings. The predicted octanol–water partition coefficient (Wildman–Crippen LogP) is 2.43. The largest absolute Gasteiger partial charge is 0.385 e. The second-order valence-electron chi connectivity index (χ2n) is 1.54. The summed E-state index contributed by atoms with van der Waals surface area (Å²) in [5.74, 6) is 0. The van der Waals surface area contributed by atoms with E-state index in [0.29, 0.717) is 0 Å². The lowest BCUT2D eigenvalue weighted by atomic mass is 10.5. The van der Waals surface area contributed by atoms with Gasteiger partial charge in [0.25, 0.3) is 0 Å². The van der Waals surface area contributed by atoms with Gasteiger partial charge < -0.3 is 5.32 Å². The van der Waals surface area contributed by atoms with Gasteiger partial charge in [0.05, 0.1) is 0 Å². The third kappa shape index (κ3) is 1.23. The van der Waals surface area contributed by atoms with Gasteiger partial charge in [-0.3, -0.25) is 0 Å². The van der Waals surface area contributed by atoms with E-state index in [1.807, 2.05) is 0 Å². The lowest BCUT2D eigenvalue weighted by Crippen LogP contribution is -1.92. The van der Waals surface area contributed by atoms with Gasteiger partial charge in [0.1, 0.15) is 0 Å². The van der Waals surface area contributed by atoms with E-state index in [1.165, 1.54) is 5.69 Å². The molecule has 0 saturated carbocycles. The van der Waals surface area contributed by atoms with Crippen molar-refractivity contribution >= 4 is 17.0 Å². The molecule has 46 valence electrons. The molecule has 0 bridgehead atoms. The minimum atomic E-state index is 0. The van der Waals surface area contributed by atoms with Crippen LogP contribution in [0.4, 0.5) is 5.69 Å². The van der Waals surface area contributed by atoms with E-state index >= 15 is 0 Å². The average molecular weight is 129 g/mol. The van der Waals surface area contributed by atoms with Crippen molar-refractivity contribution in [2.45, 2.75) is 6.92 Å². The molecule has 0 saturated heterocycles. The van der Waals surface area contributed by atoms with Crippen molar-refractivity contribution in [3.63, 3.8) is 0 Å². The van der Waals surface area contributed by atoms with Crippen molar-refractivity contribution in [1.82, 2.24) is 0 Å². The Bertz CT molecular complexity index is 139. The summed E-state index contributed by atoms with van der Waals surface area (Å²) in [6, 6.07) is 2.08. The van der Waals surface area contributed by atoms with E-state index in [-0.39, 0.29) is 1.43 Å². The first kappa shape index (κ1) is 5.63. The Morgan fingerprint density at radius 3 is 3.25 bits per heavy atom. The van der Waals surface area contributed by atoms with Crippen LogP contribution in [0, 0.1) is 0 Å². The van der Waals surface area contributed by atoms with Crippen LogP contribution in [0.25, 0.3) is 0 Å². The van der Waals surface area contributed by atoms with Crippen LogP contribution in [0.2, 0.25) is 0 Å². The zero-order chi connectivity index (χ0) is 5.82. The number of thiophene rings is 1. The molecule has 1 nitrogen and oxygen atoms in total. The van der Waals surface area contributed by atoms with Crippen molar-refractivity contribution in [2.75, 3.05) is 11.9 Å². The van der Waals surface area contributed by atoms with Crippen molar-refractivity contribution in [3.05, 3.63) is 16.8 Å². The fourth-order valence-corrected chi connectivity index (χ4v) is 1.18. The standard InChI is InChI=1S/C6H9NS.H2/c1-2-7-6-3-4-8-5-6;/h3-5,7H,2H2,1H3;1H. The fourth-order valence-electron chi connectivity index (χ4n) is 0.569. The Morgan fingerprint density at radius 2 is 2.75 bits per heavy atom. The SMILES string of the molecule is CCNc1ccsc1.[HH]. The van der Waals surface area contributed by atoms with Crippen LogP contribution in [0.3, 0.4) is 0 Å². The maximum absolute atomic E-state index is 3.20. The van der Waals surface area contributed by atoms with E-state index in [9.17, 15) is 0 Å². The van der Waals surface area contributed by atoms with E-state index < -0.39 is 0 Å². The van der Waals surface area contributed by atoms with Crippen molar-refractivity contribution in [3.8, 4) is 0 Å². The third-order valence-electron chi connectivity index (χ3n) is 0.902. The summed E-state index contributed by atoms with van der Waals surface area (Å²) in [7, 11) is 0. The van der Waals surface area contributed by atoms with Crippen LogP contribution < -0.4 is 5.32 Å². The van der Waals surface area contributed by atoms with Crippen molar-refractivity contribution < 1.29 is 1.43 Å². The fraction of sp³-hybridized carbons (Fsp3) is 0.333.